The summed E-state index contributed by atoms with van der Waals surface area (Å²) in [7, 11) is 0. The molecule has 1 atom stereocenters. The second-order valence-corrected chi connectivity index (χ2v) is 4.69. The van der Waals surface area contributed by atoms with E-state index in [1.807, 2.05) is 0 Å². The van der Waals surface area contributed by atoms with Crippen molar-refractivity contribution < 1.29 is 14.7 Å². The number of unbranched alkanes of at least 4 members (excludes halogenated alkanes) is 3. The van der Waals surface area contributed by atoms with Crippen LogP contribution >= 0.6 is 0 Å². The highest BCUT2D eigenvalue weighted by Crippen LogP contribution is 2.19. The van der Waals surface area contributed by atoms with Crippen LogP contribution in [0, 0.1) is 5.92 Å². The molecule has 0 aromatic rings. The van der Waals surface area contributed by atoms with E-state index in [2.05, 4.69) is 13.8 Å². The molecule has 3 nitrogen and oxygen atoms in total. The molecule has 1 N–H and O–H groups in total. The molecule has 3 heteroatoms. The second-order valence-electron chi connectivity index (χ2n) is 4.69. The van der Waals surface area contributed by atoms with Crippen molar-refractivity contribution in [3.63, 3.8) is 0 Å². The van der Waals surface area contributed by atoms with Crippen molar-refractivity contribution in [3.8, 4) is 0 Å². The zero-order valence-electron chi connectivity index (χ0n) is 11.2. The number of Topliss-reactive ketones (excluding diaryl/α,β-unsaturated/α-hetero) is 1. The number of carboxylic acid groups (broad SMARTS) is 1. The van der Waals surface area contributed by atoms with E-state index in [-0.39, 0.29) is 24.5 Å². The minimum Gasteiger partial charge on any atom is -0.481 e. The molecule has 0 amide bonds. The third kappa shape index (κ3) is 8.90. The molecule has 0 heterocycles. The smallest absolute Gasteiger partial charge is 0.303 e. The molecule has 0 aromatic carbocycles. The molecule has 0 rings (SSSR count). The molecule has 0 saturated carbocycles. The lowest BCUT2D eigenvalue weighted by Crippen LogP contribution is -2.15. The van der Waals surface area contributed by atoms with E-state index in [0.717, 1.165) is 25.7 Å². The lowest BCUT2D eigenvalue weighted by atomic mass is 9.90. The molecule has 0 fully saturated rings. The Hall–Kier alpha value is -0.860. The Balaban J connectivity index is 3.93. The lowest BCUT2D eigenvalue weighted by molar-refractivity contribution is -0.139. The Morgan fingerprint density at radius 2 is 1.65 bits per heavy atom. The monoisotopic (exact) mass is 242 g/mol. The first-order valence-corrected chi connectivity index (χ1v) is 6.86. The van der Waals surface area contributed by atoms with Gasteiger partial charge < -0.3 is 5.11 Å². The van der Waals surface area contributed by atoms with Gasteiger partial charge in [0.2, 0.25) is 0 Å². The third-order valence-corrected chi connectivity index (χ3v) is 3.08. The first-order chi connectivity index (χ1) is 8.11. The fraction of sp³-hybridized carbons (Fsp3) is 0.857. The quantitative estimate of drug-likeness (QED) is 0.560. The van der Waals surface area contributed by atoms with Crippen molar-refractivity contribution in [1.82, 2.24) is 0 Å². The van der Waals surface area contributed by atoms with Gasteiger partial charge in [-0.05, 0) is 12.8 Å². The van der Waals surface area contributed by atoms with E-state index in [1.165, 1.54) is 19.3 Å². The largest absolute Gasteiger partial charge is 0.481 e. The highest BCUT2D eigenvalue weighted by atomic mass is 16.4. The van der Waals surface area contributed by atoms with E-state index in [4.69, 9.17) is 5.11 Å². The minimum absolute atomic E-state index is 0.0198. The Morgan fingerprint density at radius 1 is 0.941 bits per heavy atom. The Bertz CT molecular complexity index is 224. The first-order valence-electron chi connectivity index (χ1n) is 6.86. The van der Waals surface area contributed by atoms with Gasteiger partial charge in [0.1, 0.15) is 5.78 Å². The van der Waals surface area contributed by atoms with Gasteiger partial charge in [0.05, 0.1) is 6.42 Å². The van der Waals surface area contributed by atoms with Gasteiger partial charge >= 0.3 is 5.97 Å². The normalized spacial score (nSPS) is 12.4. The first kappa shape index (κ1) is 16.1. The van der Waals surface area contributed by atoms with Gasteiger partial charge in [-0.25, -0.2) is 0 Å². The van der Waals surface area contributed by atoms with Gasteiger partial charge in [-0.15, -0.1) is 0 Å². The molecule has 0 bridgehead atoms. The molecular weight excluding hydrogens is 216 g/mol. The third-order valence-electron chi connectivity index (χ3n) is 3.08. The van der Waals surface area contributed by atoms with Crippen LogP contribution in [0.3, 0.4) is 0 Å². The number of carbonyl (C=O) groups excluding carboxylic acids is 1. The summed E-state index contributed by atoms with van der Waals surface area (Å²) in [5, 5.41) is 8.57. The van der Waals surface area contributed by atoms with Crippen LogP contribution in [0.4, 0.5) is 0 Å². The number of aliphatic carboxylic acids is 1. The molecular formula is C14H26O3. The Morgan fingerprint density at radius 3 is 2.18 bits per heavy atom. The van der Waals surface area contributed by atoms with Crippen LogP contribution in [0.25, 0.3) is 0 Å². The van der Waals surface area contributed by atoms with Gasteiger partial charge in [-0.1, -0.05) is 46.0 Å². The van der Waals surface area contributed by atoms with Gasteiger partial charge in [-0.2, -0.15) is 0 Å². The number of hydrogen-bond acceptors (Lipinski definition) is 2. The van der Waals surface area contributed by atoms with Crippen LogP contribution in [-0.4, -0.2) is 16.9 Å². The van der Waals surface area contributed by atoms with Gasteiger partial charge in [0, 0.05) is 12.3 Å². The van der Waals surface area contributed by atoms with Crippen molar-refractivity contribution in [1.29, 1.82) is 0 Å². The van der Waals surface area contributed by atoms with Crippen LogP contribution in [0.15, 0.2) is 0 Å². The molecule has 0 aromatic heterocycles. The summed E-state index contributed by atoms with van der Waals surface area (Å²) in [6.07, 6.45) is 7.73. The van der Waals surface area contributed by atoms with E-state index in [1.54, 1.807) is 0 Å². The molecule has 0 spiro atoms. The minimum atomic E-state index is -0.875. The molecule has 0 radical (unpaired) electrons. The van der Waals surface area contributed by atoms with Crippen LogP contribution in [-0.2, 0) is 9.59 Å². The van der Waals surface area contributed by atoms with E-state index < -0.39 is 5.97 Å². The molecule has 1 unspecified atom stereocenters. The van der Waals surface area contributed by atoms with Gasteiger partial charge in [-0.3, -0.25) is 9.59 Å². The second kappa shape index (κ2) is 10.3. The lowest BCUT2D eigenvalue weighted by Gasteiger charge is -2.14. The molecule has 17 heavy (non-hydrogen) atoms. The van der Waals surface area contributed by atoms with Crippen molar-refractivity contribution in [2.75, 3.05) is 0 Å². The van der Waals surface area contributed by atoms with E-state index in [9.17, 15) is 9.59 Å². The van der Waals surface area contributed by atoms with Crippen LogP contribution in [0.2, 0.25) is 0 Å². The van der Waals surface area contributed by atoms with Gasteiger partial charge in [0.15, 0.2) is 0 Å². The molecule has 0 saturated heterocycles. The summed E-state index contributed by atoms with van der Waals surface area (Å²) < 4.78 is 0. The Labute approximate surface area is 105 Å². The summed E-state index contributed by atoms with van der Waals surface area (Å²) >= 11 is 0. The number of carbonyl (C=O) groups is 2. The number of rotatable bonds is 11. The van der Waals surface area contributed by atoms with Gasteiger partial charge in [0.25, 0.3) is 0 Å². The van der Waals surface area contributed by atoms with Crippen LogP contribution in [0.1, 0.15) is 71.6 Å². The fourth-order valence-corrected chi connectivity index (χ4v) is 2.07. The van der Waals surface area contributed by atoms with Crippen molar-refractivity contribution in [3.05, 3.63) is 0 Å². The Kier molecular flexibility index (Phi) is 9.78. The average Bonchev–Trinajstić information content (AvgIpc) is 2.30. The maximum Gasteiger partial charge on any atom is 0.303 e. The number of hydrogen-bond donors (Lipinski definition) is 1. The summed E-state index contributed by atoms with van der Waals surface area (Å²) in [5.41, 5.74) is 0. The topological polar surface area (TPSA) is 54.4 Å². The van der Waals surface area contributed by atoms with Crippen LogP contribution < -0.4 is 0 Å². The van der Waals surface area contributed by atoms with Crippen molar-refractivity contribution in [2.45, 2.75) is 71.6 Å². The van der Waals surface area contributed by atoms with E-state index >= 15 is 0 Å². The summed E-state index contributed by atoms with van der Waals surface area (Å²) in [4.78, 5) is 22.3. The van der Waals surface area contributed by atoms with Crippen LogP contribution in [0.5, 0.6) is 0 Å². The van der Waals surface area contributed by atoms with Crippen molar-refractivity contribution >= 4 is 11.8 Å². The standard InChI is InChI=1S/C14H26O3/c1-3-5-6-7-9-12(8-4-2)13(15)10-11-14(16)17/h12H,3-11H2,1-2H3,(H,16,17). The molecule has 0 aliphatic rings. The van der Waals surface area contributed by atoms with E-state index in [0.29, 0.717) is 0 Å². The predicted molar refractivity (Wildman–Crippen MR) is 69.0 cm³/mol. The molecule has 0 aliphatic heterocycles. The highest BCUT2D eigenvalue weighted by molar-refractivity contribution is 5.84. The highest BCUT2D eigenvalue weighted by Gasteiger charge is 2.17. The average molecular weight is 242 g/mol. The summed E-state index contributed by atoms with van der Waals surface area (Å²) in [5.74, 6) is -0.637. The molecule has 0 aliphatic carbocycles. The maximum absolute atomic E-state index is 11.8. The van der Waals surface area contributed by atoms with Crippen molar-refractivity contribution in [2.24, 2.45) is 5.92 Å². The number of ketones is 1. The zero-order valence-corrected chi connectivity index (χ0v) is 11.2. The number of carboxylic acids is 1. The SMILES string of the molecule is CCCCCCC(CCC)C(=O)CCC(=O)O. The molecule has 100 valence electrons. The fourth-order valence-electron chi connectivity index (χ4n) is 2.07. The predicted octanol–water partition coefficient (Wildman–Crippen LogP) is 3.81. The summed E-state index contributed by atoms with van der Waals surface area (Å²) in [6, 6.07) is 0. The maximum atomic E-state index is 11.8. The zero-order chi connectivity index (χ0) is 13.1. The summed E-state index contributed by atoms with van der Waals surface area (Å²) in [6.45, 7) is 4.24.